The van der Waals surface area contributed by atoms with Gasteiger partial charge in [0.1, 0.15) is 6.54 Å². The standard InChI is InChI=1S/C33H31ClN4O4S/c34-28-10-7-25(8-11-28)32(41)37-21-27-19-26(33(42)36-15-17-43-18-16-36)9-12-29(27)38(30(39)22-37)20-23-3-5-24(6-4-23)31(40)35-13-1-2-14-35/h1-12,19H,13-18,20-22H2. The number of hydrogen-bond acceptors (Lipinski definition) is 5. The van der Waals surface area contributed by atoms with E-state index in [4.69, 9.17) is 11.6 Å². The Morgan fingerprint density at radius 2 is 1.28 bits per heavy atom. The maximum atomic E-state index is 13.8. The van der Waals surface area contributed by atoms with Crippen molar-refractivity contribution in [3.8, 4) is 0 Å². The van der Waals surface area contributed by atoms with Gasteiger partial charge in [0, 0.05) is 71.6 Å². The molecule has 3 aromatic rings. The molecule has 1 saturated heterocycles. The first-order chi connectivity index (χ1) is 20.9. The van der Waals surface area contributed by atoms with Crippen LogP contribution in [0.5, 0.6) is 0 Å². The molecule has 0 saturated carbocycles. The topological polar surface area (TPSA) is 81.2 Å². The van der Waals surface area contributed by atoms with Crippen molar-refractivity contribution in [3.63, 3.8) is 0 Å². The predicted molar refractivity (Wildman–Crippen MR) is 169 cm³/mol. The molecule has 3 aliphatic heterocycles. The Morgan fingerprint density at radius 1 is 0.698 bits per heavy atom. The molecule has 0 aliphatic carbocycles. The van der Waals surface area contributed by atoms with Gasteiger partial charge in [0.25, 0.3) is 17.7 Å². The minimum atomic E-state index is -0.290. The van der Waals surface area contributed by atoms with Crippen LogP contribution in [-0.4, -0.2) is 82.6 Å². The molecule has 10 heteroatoms. The molecule has 8 nitrogen and oxygen atoms in total. The number of hydrogen-bond donors (Lipinski definition) is 0. The number of halogens is 1. The van der Waals surface area contributed by atoms with Crippen LogP contribution in [0.2, 0.25) is 5.02 Å². The molecule has 0 unspecified atom stereocenters. The second kappa shape index (κ2) is 12.7. The molecule has 0 atom stereocenters. The molecule has 1 fully saturated rings. The van der Waals surface area contributed by atoms with Gasteiger partial charge in [-0.25, -0.2) is 0 Å². The largest absolute Gasteiger partial charge is 0.337 e. The van der Waals surface area contributed by atoms with E-state index < -0.39 is 0 Å². The summed E-state index contributed by atoms with van der Waals surface area (Å²) in [5.41, 5.74) is 3.79. The van der Waals surface area contributed by atoms with Crippen LogP contribution in [0.15, 0.2) is 78.9 Å². The monoisotopic (exact) mass is 614 g/mol. The van der Waals surface area contributed by atoms with Crippen LogP contribution in [-0.2, 0) is 17.9 Å². The smallest absolute Gasteiger partial charge is 0.254 e. The molecule has 0 bridgehead atoms. The fraction of sp³-hybridized carbons (Fsp3) is 0.273. The number of carbonyl (C=O) groups is 4. The van der Waals surface area contributed by atoms with Crippen LogP contribution in [0.4, 0.5) is 5.69 Å². The third kappa shape index (κ3) is 6.33. The van der Waals surface area contributed by atoms with Crippen molar-refractivity contribution in [2.45, 2.75) is 13.1 Å². The Labute approximate surface area is 259 Å². The van der Waals surface area contributed by atoms with Crippen molar-refractivity contribution >= 4 is 52.7 Å². The van der Waals surface area contributed by atoms with Crippen LogP contribution in [0.1, 0.15) is 42.2 Å². The van der Waals surface area contributed by atoms with E-state index in [1.54, 1.807) is 52.3 Å². The van der Waals surface area contributed by atoms with Crippen LogP contribution >= 0.6 is 23.4 Å². The number of thioether (sulfide) groups is 1. The van der Waals surface area contributed by atoms with Crippen molar-refractivity contribution < 1.29 is 19.2 Å². The molecule has 0 N–H and O–H groups in total. The zero-order valence-electron chi connectivity index (χ0n) is 23.6. The minimum absolute atomic E-state index is 0.0337. The lowest BCUT2D eigenvalue weighted by Gasteiger charge is -2.27. The van der Waals surface area contributed by atoms with E-state index in [-0.39, 0.29) is 43.3 Å². The second-order valence-electron chi connectivity index (χ2n) is 10.8. The molecule has 3 aliphatic rings. The van der Waals surface area contributed by atoms with Gasteiger partial charge in [0.2, 0.25) is 5.91 Å². The number of benzene rings is 3. The third-order valence-corrected chi connectivity index (χ3v) is 9.12. The predicted octanol–water partition coefficient (Wildman–Crippen LogP) is 4.73. The summed E-state index contributed by atoms with van der Waals surface area (Å²) in [5.74, 6) is 1.20. The van der Waals surface area contributed by atoms with E-state index >= 15 is 0 Å². The molecule has 6 rings (SSSR count). The lowest BCUT2D eigenvalue weighted by molar-refractivity contribution is -0.119. The van der Waals surface area contributed by atoms with Gasteiger partial charge in [-0.2, -0.15) is 11.8 Å². The zero-order valence-corrected chi connectivity index (χ0v) is 25.2. The molecular weight excluding hydrogens is 584 g/mol. The van der Waals surface area contributed by atoms with Crippen molar-refractivity contribution in [2.24, 2.45) is 0 Å². The zero-order chi connectivity index (χ0) is 29.9. The highest BCUT2D eigenvalue weighted by Gasteiger charge is 2.31. The van der Waals surface area contributed by atoms with Crippen molar-refractivity contribution in [3.05, 3.63) is 112 Å². The molecule has 4 amide bonds. The summed E-state index contributed by atoms with van der Waals surface area (Å²) in [7, 11) is 0. The van der Waals surface area contributed by atoms with Gasteiger partial charge in [-0.3, -0.25) is 19.2 Å². The van der Waals surface area contributed by atoms with Crippen LogP contribution in [0, 0.1) is 0 Å². The summed E-state index contributed by atoms with van der Waals surface area (Å²) in [5, 5.41) is 0.518. The molecule has 43 heavy (non-hydrogen) atoms. The number of carbonyl (C=O) groups excluding carboxylic acids is 4. The van der Waals surface area contributed by atoms with Gasteiger partial charge in [-0.15, -0.1) is 0 Å². The quantitative estimate of drug-likeness (QED) is 0.388. The molecule has 3 heterocycles. The highest BCUT2D eigenvalue weighted by Crippen LogP contribution is 2.30. The van der Waals surface area contributed by atoms with E-state index in [0.29, 0.717) is 53.6 Å². The van der Waals surface area contributed by atoms with E-state index in [0.717, 1.165) is 22.6 Å². The Balaban J connectivity index is 1.30. The van der Waals surface area contributed by atoms with Crippen molar-refractivity contribution in [1.29, 1.82) is 0 Å². The number of fused-ring (bicyclic) bond motifs is 1. The first-order valence-electron chi connectivity index (χ1n) is 14.3. The van der Waals surface area contributed by atoms with E-state index in [9.17, 15) is 19.2 Å². The average Bonchev–Trinajstić information content (AvgIpc) is 3.54. The minimum Gasteiger partial charge on any atom is -0.337 e. The third-order valence-electron chi connectivity index (χ3n) is 7.93. The van der Waals surface area contributed by atoms with Crippen LogP contribution in [0.3, 0.4) is 0 Å². The van der Waals surface area contributed by atoms with Gasteiger partial charge in [-0.1, -0.05) is 35.9 Å². The first-order valence-corrected chi connectivity index (χ1v) is 15.8. The summed E-state index contributed by atoms with van der Waals surface area (Å²) in [6, 6.07) is 19.3. The Kier molecular flexibility index (Phi) is 8.54. The number of anilines is 1. The Hall–Kier alpha value is -4.08. The molecular formula is C33H31ClN4O4S. The lowest BCUT2D eigenvalue weighted by atomic mass is 10.0. The number of amides is 4. The van der Waals surface area contributed by atoms with Crippen molar-refractivity contribution in [2.75, 3.05) is 49.1 Å². The average molecular weight is 615 g/mol. The van der Waals surface area contributed by atoms with Gasteiger partial charge >= 0.3 is 0 Å². The normalized spacial score (nSPS) is 16.7. The summed E-state index contributed by atoms with van der Waals surface area (Å²) in [6.45, 7) is 2.90. The molecule has 220 valence electrons. The van der Waals surface area contributed by atoms with Crippen LogP contribution < -0.4 is 4.90 Å². The summed E-state index contributed by atoms with van der Waals surface area (Å²) < 4.78 is 0. The SMILES string of the molecule is O=C(c1ccc(CN2C(=O)CN(C(=O)c3ccc(Cl)cc3)Cc3cc(C(=O)N4CCSCC4)ccc32)cc1)N1CC=CC1. The van der Waals surface area contributed by atoms with Crippen LogP contribution in [0.25, 0.3) is 0 Å². The number of rotatable bonds is 5. The summed E-state index contributed by atoms with van der Waals surface area (Å²) in [6.07, 6.45) is 3.94. The molecule has 0 aromatic heterocycles. The summed E-state index contributed by atoms with van der Waals surface area (Å²) >= 11 is 7.87. The van der Waals surface area contributed by atoms with E-state index in [1.165, 1.54) is 4.90 Å². The van der Waals surface area contributed by atoms with Gasteiger partial charge < -0.3 is 19.6 Å². The fourth-order valence-electron chi connectivity index (χ4n) is 5.56. The van der Waals surface area contributed by atoms with E-state index in [2.05, 4.69) is 0 Å². The maximum Gasteiger partial charge on any atom is 0.254 e. The molecule has 3 aromatic carbocycles. The molecule has 0 spiro atoms. The molecule has 0 radical (unpaired) electrons. The lowest BCUT2D eigenvalue weighted by Crippen LogP contribution is -2.39. The second-order valence-corrected chi connectivity index (χ2v) is 12.4. The van der Waals surface area contributed by atoms with Crippen molar-refractivity contribution in [1.82, 2.24) is 14.7 Å². The number of nitrogens with zero attached hydrogens (tertiary/aromatic N) is 4. The van der Waals surface area contributed by atoms with E-state index in [1.807, 2.05) is 53.1 Å². The fourth-order valence-corrected chi connectivity index (χ4v) is 6.58. The summed E-state index contributed by atoms with van der Waals surface area (Å²) in [4.78, 5) is 60.3. The highest BCUT2D eigenvalue weighted by atomic mass is 35.5. The maximum absolute atomic E-state index is 13.8. The Bertz CT molecular complexity index is 1580. The van der Waals surface area contributed by atoms with Gasteiger partial charge in [-0.05, 0) is 65.7 Å². The Morgan fingerprint density at radius 3 is 1.95 bits per heavy atom. The first kappa shape index (κ1) is 29.0. The van der Waals surface area contributed by atoms with Gasteiger partial charge in [0.15, 0.2) is 0 Å². The van der Waals surface area contributed by atoms with Gasteiger partial charge in [0.05, 0.1) is 6.54 Å². The highest BCUT2D eigenvalue weighted by molar-refractivity contribution is 7.99.